The van der Waals surface area contributed by atoms with Crippen LogP contribution in [-0.2, 0) is 10.0 Å². The van der Waals surface area contributed by atoms with Crippen molar-refractivity contribution >= 4 is 43.2 Å². The fourth-order valence-corrected chi connectivity index (χ4v) is 5.63. The van der Waals surface area contributed by atoms with E-state index < -0.39 is 10.0 Å². The summed E-state index contributed by atoms with van der Waals surface area (Å²) in [7, 11) is -3.61. The molecule has 1 aromatic heterocycles. The van der Waals surface area contributed by atoms with Gasteiger partial charge in [-0.05, 0) is 54.3 Å². The van der Waals surface area contributed by atoms with Gasteiger partial charge in [0.1, 0.15) is 0 Å². The number of carbonyl (C=O) groups excluding carboxylic acids is 1. The van der Waals surface area contributed by atoms with E-state index >= 15 is 0 Å². The molecule has 6 nitrogen and oxygen atoms in total. The quantitative estimate of drug-likeness (QED) is 0.537. The number of rotatable bonds is 8. The second kappa shape index (κ2) is 9.24. The highest BCUT2D eigenvalue weighted by atomic mass is 32.2. The number of carbonyl (C=O) groups is 1. The Morgan fingerprint density at radius 1 is 1.03 bits per heavy atom. The Bertz CT molecular complexity index is 1110. The van der Waals surface area contributed by atoms with Crippen molar-refractivity contribution in [3.8, 4) is 0 Å². The second-order valence-corrected chi connectivity index (χ2v) is 10.9. The molecular weight excluding hydrogens is 418 g/mol. The summed E-state index contributed by atoms with van der Waals surface area (Å²) < 4.78 is 28.7. The molecular formula is C22H27N3O3S2. The first-order chi connectivity index (χ1) is 14.2. The maximum Gasteiger partial charge on any atom is 0.255 e. The number of anilines is 1. The number of nitrogens with zero attached hydrogens (tertiary/aromatic N) is 2. The van der Waals surface area contributed by atoms with Crippen LogP contribution in [0.5, 0.6) is 0 Å². The Balaban J connectivity index is 1.77. The molecule has 160 valence electrons. The summed E-state index contributed by atoms with van der Waals surface area (Å²) >= 11 is 1.51. The highest BCUT2D eigenvalue weighted by Crippen LogP contribution is 2.23. The Labute approximate surface area is 182 Å². The smallest absolute Gasteiger partial charge is 0.255 e. The summed E-state index contributed by atoms with van der Waals surface area (Å²) in [4.78, 5) is 17.0. The molecule has 1 amide bonds. The Hall–Kier alpha value is -2.29. The van der Waals surface area contributed by atoms with Crippen LogP contribution in [0.25, 0.3) is 10.2 Å². The molecule has 0 bridgehead atoms. The van der Waals surface area contributed by atoms with E-state index in [-0.39, 0.29) is 22.6 Å². The monoisotopic (exact) mass is 445 g/mol. The number of aromatic nitrogens is 1. The van der Waals surface area contributed by atoms with Gasteiger partial charge in [0.2, 0.25) is 10.0 Å². The summed E-state index contributed by atoms with van der Waals surface area (Å²) in [5, 5.41) is 2.85. The zero-order chi connectivity index (χ0) is 21.9. The number of nitrogens with one attached hydrogen (secondary N) is 1. The first-order valence-corrected chi connectivity index (χ1v) is 12.2. The molecule has 30 heavy (non-hydrogen) atoms. The van der Waals surface area contributed by atoms with Crippen molar-refractivity contribution in [3.05, 3.63) is 53.5 Å². The third-order valence-corrected chi connectivity index (χ3v) is 7.12. The number of fused-ring (bicyclic) bond motifs is 1. The van der Waals surface area contributed by atoms with Crippen molar-refractivity contribution in [2.75, 3.05) is 18.4 Å². The molecule has 0 spiro atoms. The lowest BCUT2D eigenvalue weighted by atomic mass is 10.2. The molecule has 8 heteroatoms. The first kappa shape index (κ1) is 22.4. The minimum Gasteiger partial charge on any atom is -0.322 e. The first-order valence-electron chi connectivity index (χ1n) is 9.91. The van der Waals surface area contributed by atoms with E-state index in [2.05, 4.69) is 10.3 Å². The van der Waals surface area contributed by atoms with Gasteiger partial charge in [-0.2, -0.15) is 4.31 Å². The van der Waals surface area contributed by atoms with E-state index in [1.807, 2.05) is 39.8 Å². The van der Waals surface area contributed by atoms with E-state index in [0.717, 1.165) is 10.2 Å². The van der Waals surface area contributed by atoms with Crippen LogP contribution in [-0.4, -0.2) is 36.7 Å². The fourth-order valence-electron chi connectivity index (χ4n) is 3.15. The zero-order valence-corrected chi connectivity index (χ0v) is 19.3. The average molecular weight is 446 g/mol. The maximum absolute atomic E-state index is 13.1. The molecule has 0 aliphatic carbocycles. The van der Waals surface area contributed by atoms with Crippen LogP contribution in [0.15, 0.2) is 52.9 Å². The maximum atomic E-state index is 13.1. The van der Waals surface area contributed by atoms with E-state index in [1.54, 1.807) is 23.7 Å². The van der Waals surface area contributed by atoms with Gasteiger partial charge in [-0.3, -0.25) is 4.79 Å². The minimum absolute atomic E-state index is 0.200. The molecule has 0 saturated heterocycles. The van der Waals surface area contributed by atoms with Crippen molar-refractivity contribution in [1.82, 2.24) is 9.29 Å². The number of amides is 1. The minimum atomic E-state index is -3.61. The van der Waals surface area contributed by atoms with E-state index in [1.165, 1.54) is 27.8 Å². The largest absolute Gasteiger partial charge is 0.322 e. The molecule has 0 saturated carbocycles. The molecule has 0 atom stereocenters. The lowest BCUT2D eigenvalue weighted by Crippen LogP contribution is -2.37. The number of hydrogen-bond acceptors (Lipinski definition) is 5. The van der Waals surface area contributed by atoms with Crippen LogP contribution in [0, 0.1) is 11.8 Å². The predicted octanol–water partition coefficient (Wildman–Crippen LogP) is 4.85. The van der Waals surface area contributed by atoms with Crippen LogP contribution in [0.2, 0.25) is 0 Å². The van der Waals surface area contributed by atoms with Gasteiger partial charge < -0.3 is 5.32 Å². The third-order valence-electron chi connectivity index (χ3n) is 4.48. The lowest BCUT2D eigenvalue weighted by molar-refractivity contribution is 0.102. The van der Waals surface area contributed by atoms with Crippen LogP contribution in [0.4, 0.5) is 5.69 Å². The Morgan fingerprint density at radius 3 is 2.27 bits per heavy atom. The SMILES string of the molecule is CC(C)CN(CC(C)C)S(=O)(=O)c1ccc(C(=O)Nc2ccc3ncsc3c2)cc1. The Kier molecular flexibility index (Phi) is 6.90. The van der Waals surface area contributed by atoms with Crippen LogP contribution in [0.1, 0.15) is 38.1 Å². The summed E-state index contributed by atoms with van der Waals surface area (Å²) in [6.07, 6.45) is 0. The molecule has 3 rings (SSSR count). The van der Waals surface area contributed by atoms with Gasteiger partial charge in [-0.15, -0.1) is 11.3 Å². The lowest BCUT2D eigenvalue weighted by Gasteiger charge is -2.25. The molecule has 1 heterocycles. The summed E-state index contributed by atoms with van der Waals surface area (Å²) in [5.41, 5.74) is 3.73. The number of thiazole rings is 1. The van der Waals surface area contributed by atoms with Gasteiger partial charge in [-0.25, -0.2) is 13.4 Å². The molecule has 1 N–H and O–H groups in total. The molecule has 0 aliphatic rings. The van der Waals surface area contributed by atoms with Crippen molar-refractivity contribution in [2.45, 2.75) is 32.6 Å². The van der Waals surface area contributed by atoms with Crippen molar-refractivity contribution < 1.29 is 13.2 Å². The van der Waals surface area contributed by atoms with E-state index in [0.29, 0.717) is 24.3 Å². The summed E-state index contributed by atoms with van der Waals surface area (Å²) in [5.74, 6) is 0.156. The fraction of sp³-hybridized carbons (Fsp3) is 0.364. The number of benzene rings is 2. The third kappa shape index (κ3) is 5.24. The molecule has 0 aliphatic heterocycles. The summed E-state index contributed by atoms with van der Waals surface area (Å²) in [6, 6.07) is 11.6. The predicted molar refractivity (Wildman–Crippen MR) is 122 cm³/mol. The van der Waals surface area contributed by atoms with Crippen LogP contribution in [0.3, 0.4) is 0 Å². The van der Waals surface area contributed by atoms with Crippen molar-refractivity contribution in [1.29, 1.82) is 0 Å². The van der Waals surface area contributed by atoms with Gasteiger partial charge in [0, 0.05) is 24.3 Å². The molecule has 2 aromatic carbocycles. The zero-order valence-electron chi connectivity index (χ0n) is 17.6. The molecule has 3 aromatic rings. The van der Waals surface area contributed by atoms with Crippen LogP contribution >= 0.6 is 11.3 Å². The molecule has 0 radical (unpaired) electrons. The normalized spacial score (nSPS) is 12.2. The van der Waals surface area contributed by atoms with Gasteiger partial charge in [0.15, 0.2) is 0 Å². The van der Waals surface area contributed by atoms with Crippen molar-refractivity contribution in [3.63, 3.8) is 0 Å². The highest BCUT2D eigenvalue weighted by molar-refractivity contribution is 7.89. The standard InChI is InChI=1S/C22H27N3O3S2/c1-15(2)12-25(13-16(3)4)30(27,28)19-8-5-17(6-9-19)22(26)24-18-7-10-20-21(11-18)29-14-23-20/h5-11,14-16H,12-13H2,1-4H3,(H,24,26). The van der Waals surface area contributed by atoms with Gasteiger partial charge >= 0.3 is 0 Å². The highest BCUT2D eigenvalue weighted by Gasteiger charge is 2.26. The molecule has 0 fully saturated rings. The Morgan fingerprint density at radius 2 is 1.67 bits per heavy atom. The van der Waals surface area contributed by atoms with E-state index in [9.17, 15) is 13.2 Å². The van der Waals surface area contributed by atoms with Crippen molar-refractivity contribution in [2.24, 2.45) is 11.8 Å². The van der Waals surface area contributed by atoms with Gasteiger partial charge in [0.05, 0.1) is 20.6 Å². The van der Waals surface area contributed by atoms with Gasteiger partial charge in [-0.1, -0.05) is 27.7 Å². The summed E-state index contributed by atoms with van der Waals surface area (Å²) in [6.45, 7) is 8.92. The topological polar surface area (TPSA) is 79.4 Å². The number of sulfonamides is 1. The van der Waals surface area contributed by atoms with E-state index in [4.69, 9.17) is 0 Å². The second-order valence-electron chi connectivity index (χ2n) is 8.12. The average Bonchev–Trinajstić information content (AvgIpc) is 3.14. The number of hydrogen-bond donors (Lipinski definition) is 1. The van der Waals surface area contributed by atoms with Crippen LogP contribution < -0.4 is 5.32 Å². The molecule has 0 unspecified atom stereocenters. The van der Waals surface area contributed by atoms with Gasteiger partial charge in [0.25, 0.3) is 5.91 Å².